The molecule has 0 aliphatic carbocycles. The van der Waals surface area contributed by atoms with E-state index in [1.807, 2.05) is 32.0 Å². The summed E-state index contributed by atoms with van der Waals surface area (Å²) in [5, 5.41) is 13.7. The van der Waals surface area contributed by atoms with Crippen molar-refractivity contribution < 1.29 is 19.0 Å². The molecule has 6 nitrogen and oxygen atoms in total. The maximum atomic E-state index is 11.9. The third-order valence-electron chi connectivity index (χ3n) is 3.76. The molecule has 1 N–H and O–H groups in total. The molecule has 1 aliphatic heterocycles. The SMILES string of the molecule is CC1(C)Cc2cccc(OCCNC(=O)c3cc[n+]([O-])cc3)c2O1. The summed E-state index contributed by atoms with van der Waals surface area (Å²) in [6.07, 6.45) is 3.43. The van der Waals surface area contributed by atoms with Crippen molar-refractivity contribution in [1.29, 1.82) is 0 Å². The summed E-state index contributed by atoms with van der Waals surface area (Å²) < 4.78 is 12.3. The lowest BCUT2D eigenvalue weighted by Gasteiger charge is -2.18. The molecule has 0 bridgehead atoms. The van der Waals surface area contributed by atoms with Gasteiger partial charge in [-0.15, -0.1) is 0 Å². The Balaban J connectivity index is 1.52. The molecule has 0 spiro atoms. The first-order valence-corrected chi connectivity index (χ1v) is 7.85. The van der Waals surface area contributed by atoms with Crippen LogP contribution in [0.3, 0.4) is 0 Å². The number of ether oxygens (including phenoxy) is 2. The van der Waals surface area contributed by atoms with E-state index in [1.165, 1.54) is 24.5 Å². The van der Waals surface area contributed by atoms with Crippen LogP contribution in [0.1, 0.15) is 29.8 Å². The average molecular weight is 328 g/mol. The maximum Gasteiger partial charge on any atom is 0.251 e. The van der Waals surface area contributed by atoms with Crippen LogP contribution in [0, 0.1) is 5.21 Å². The minimum atomic E-state index is -0.241. The van der Waals surface area contributed by atoms with Crippen LogP contribution in [0.4, 0.5) is 0 Å². The fourth-order valence-corrected chi connectivity index (χ4v) is 2.69. The highest BCUT2D eigenvalue weighted by Crippen LogP contribution is 2.41. The molecule has 24 heavy (non-hydrogen) atoms. The van der Waals surface area contributed by atoms with Gasteiger partial charge in [-0.25, -0.2) is 0 Å². The molecule has 1 amide bonds. The van der Waals surface area contributed by atoms with Gasteiger partial charge in [-0.2, -0.15) is 4.73 Å². The van der Waals surface area contributed by atoms with E-state index < -0.39 is 0 Å². The number of carbonyl (C=O) groups is 1. The highest BCUT2D eigenvalue weighted by atomic mass is 16.5. The monoisotopic (exact) mass is 328 g/mol. The summed E-state index contributed by atoms with van der Waals surface area (Å²) in [4.78, 5) is 11.9. The Morgan fingerprint density at radius 3 is 2.83 bits per heavy atom. The standard InChI is InChI=1S/C18H20N2O4/c1-18(2)12-14-4-3-5-15(16(14)24-18)23-11-8-19-17(21)13-6-9-20(22)10-7-13/h3-7,9-10H,8,11-12H2,1-2H3,(H,19,21). The molecule has 0 atom stereocenters. The average Bonchev–Trinajstić information content (AvgIpc) is 2.86. The molecule has 1 aliphatic rings. The topological polar surface area (TPSA) is 74.5 Å². The molecule has 1 aromatic heterocycles. The lowest BCUT2D eigenvalue weighted by molar-refractivity contribution is -0.605. The van der Waals surface area contributed by atoms with Crippen molar-refractivity contribution in [2.75, 3.05) is 13.2 Å². The van der Waals surface area contributed by atoms with Crippen molar-refractivity contribution in [3.05, 3.63) is 59.1 Å². The number of carbonyl (C=O) groups excluding carboxylic acids is 1. The van der Waals surface area contributed by atoms with Crippen molar-refractivity contribution in [2.45, 2.75) is 25.9 Å². The van der Waals surface area contributed by atoms with Gasteiger partial charge in [0.2, 0.25) is 0 Å². The third kappa shape index (κ3) is 3.59. The highest BCUT2D eigenvalue weighted by Gasteiger charge is 2.32. The second-order valence-electron chi connectivity index (χ2n) is 6.33. The van der Waals surface area contributed by atoms with Gasteiger partial charge in [0.25, 0.3) is 5.91 Å². The first-order chi connectivity index (χ1) is 11.4. The third-order valence-corrected chi connectivity index (χ3v) is 3.76. The van der Waals surface area contributed by atoms with E-state index in [1.54, 1.807) is 0 Å². The minimum Gasteiger partial charge on any atom is -0.619 e. The molecule has 6 heteroatoms. The van der Waals surface area contributed by atoms with Crippen molar-refractivity contribution in [1.82, 2.24) is 5.32 Å². The van der Waals surface area contributed by atoms with E-state index >= 15 is 0 Å². The van der Waals surface area contributed by atoms with Gasteiger partial charge in [0.15, 0.2) is 23.9 Å². The Kier molecular flexibility index (Phi) is 4.29. The van der Waals surface area contributed by atoms with Crippen LogP contribution in [-0.2, 0) is 6.42 Å². The number of pyridine rings is 1. The number of hydrogen-bond donors (Lipinski definition) is 1. The minimum absolute atomic E-state index is 0.220. The molecule has 2 aromatic rings. The van der Waals surface area contributed by atoms with Crippen molar-refractivity contribution >= 4 is 5.91 Å². The summed E-state index contributed by atoms with van der Waals surface area (Å²) in [5.74, 6) is 1.24. The first-order valence-electron chi connectivity index (χ1n) is 7.85. The van der Waals surface area contributed by atoms with Crippen LogP contribution >= 0.6 is 0 Å². The van der Waals surface area contributed by atoms with E-state index in [0.29, 0.717) is 29.2 Å². The number of benzene rings is 1. The van der Waals surface area contributed by atoms with Crippen LogP contribution < -0.4 is 19.5 Å². The van der Waals surface area contributed by atoms with Crippen LogP contribution in [0.5, 0.6) is 11.5 Å². The van der Waals surface area contributed by atoms with Gasteiger partial charge in [-0.1, -0.05) is 12.1 Å². The Bertz CT molecular complexity index is 741. The molecule has 0 saturated heterocycles. The van der Waals surface area contributed by atoms with E-state index in [9.17, 15) is 10.0 Å². The summed E-state index contributed by atoms with van der Waals surface area (Å²) in [6, 6.07) is 8.80. The molecular weight excluding hydrogens is 308 g/mol. The predicted octanol–water partition coefficient (Wildman–Crippen LogP) is 1.84. The molecule has 0 fully saturated rings. The van der Waals surface area contributed by atoms with Crippen molar-refractivity contribution in [3.63, 3.8) is 0 Å². The largest absolute Gasteiger partial charge is 0.619 e. The number of hydrogen-bond acceptors (Lipinski definition) is 4. The number of para-hydroxylation sites is 1. The van der Waals surface area contributed by atoms with E-state index in [4.69, 9.17) is 9.47 Å². The van der Waals surface area contributed by atoms with Gasteiger partial charge < -0.3 is 20.0 Å². The molecular formula is C18H20N2O4. The quantitative estimate of drug-likeness (QED) is 0.516. The zero-order chi connectivity index (χ0) is 17.2. The second kappa shape index (κ2) is 6.39. The Morgan fingerprint density at radius 2 is 2.08 bits per heavy atom. The van der Waals surface area contributed by atoms with Crippen LogP contribution in [0.15, 0.2) is 42.7 Å². The number of aromatic nitrogens is 1. The van der Waals surface area contributed by atoms with Crippen LogP contribution in [-0.4, -0.2) is 24.7 Å². The first kappa shape index (κ1) is 16.1. The second-order valence-corrected chi connectivity index (χ2v) is 6.33. The van der Waals surface area contributed by atoms with Crippen molar-refractivity contribution in [2.24, 2.45) is 0 Å². The number of nitrogens with zero attached hydrogens (tertiary/aromatic N) is 1. The summed E-state index contributed by atoms with van der Waals surface area (Å²) in [7, 11) is 0. The predicted molar refractivity (Wildman–Crippen MR) is 88.1 cm³/mol. The molecule has 0 saturated carbocycles. The van der Waals surface area contributed by atoms with Gasteiger partial charge in [0, 0.05) is 24.1 Å². The van der Waals surface area contributed by atoms with Gasteiger partial charge in [-0.3, -0.25) is 4.79 Å². The molecule has 126 valence electrons. The Morgan fingerprint density at radius 1 is 1.33 bits per heavy atom. The lowest BCUT2D eigenvalue weighted by Crippen LogP contribution is -2.30. The van der Waals surface area contributed by atoms with E-state index in [-0.39, 0.29) is 11.5 Å². The lowest BCUT2D eigenvalue weighted by atomic mass is 10.0. The smallest absolute Gasteiger partial charge is 0.251 e. The Labute approximate surface area is 140 Å². The zero-order valence-electron chi connectivity index (χ0n) is 13.7. The Hall–Kier alpha value is -2.76. The summed E-state index contributed by atoms with van der Waals surface area (Å²) >= 11 is 0. The van der Waals surface area contributed by atoms with Crippen LogP contribution in [0.2, 0.25) is 0 Å². The summed E-state index contributed by atoms with van der Waals surface area (Å²) in [6.45, 7) is 4.78. The number of rotatable bonds is 5. The number of amides is 1. The fourth-order valence-electron chi connectivity index (χ4n) is 2.69. The number of nitrogens with one attached hydrogen (secondary N) is 1. The molecule has 0 radical (unpaired) electrons. The molecule has 2 heterocycles. The van der Waals surface area contributed by atoms with Gasteiger partial charge in [-0.05, 0) is 19.9 Å². The normalized spacial score (nSPS) is 14.6. The maximum absolute atomic E-state index is 11.9. The van der Waals surface area contributed by atoms with E-state index in [0.717, 1.165) is 17.7 Å². The fraction of sp³-hybridized carbons (Fsp3) is 0.333. The van der Waals surface area contributed by atoms with E-state index in [2.05, 4.69) is 5.32 Å². The molecule has 0 unspecified atom stereocenters. The number of fused-ring (bicyclic) bond motifs is 1. The zero-order valence-corrected chi connectivity index (χ0v) is 13.7. The van der Waals surface area contributed by atoms with Crippen molar-refractivity contribution in [3.8, 4) is 11.5 Å². The van der Waals surface area contributed by atoms with Gasteiger partial charge in [0.05, 0.1) is 12.1 Å². The summed E-state index contributed by atoms with van der Waals surface area (Å²) in [5.41, 5.74) is 1.35. The molecule has 1 aromatic carbocycles. The van der Waals surface area contributed by atoms with Gasteiger partial charge >= 0.3 is 0 Å². The van der Waals surface area contributed by atoms with Gasteiger partial charge in [0.1, 0.15) is 12.2 Å². The molecule has 3 rings (SSSR count). The highest BCUT2D eigenvalue weighted by molar-refractivity contribution is 5.93. The van der Waals surface area contributed by atoms with Crippen LogP contribution in [0.25, 0.3) is 0 Å².